The van der Waals surface area contributed by atoms with Crippen LogP contribution in [0.4, 0.5) is 0 Å². The van der Waals surface area contributed by atoms with Crippen LogP contribution in [0.25, 0.3) is 0 Å². The molecular weight excluding hydrogens is 222 g/mol. The van der Waals surface area contributed by atoms with Crippen molar-refractivity contribution >= 4 is 0 Å². The lowest BCUT2D eigenvalue weighted by atomic mass is 9.75. The second-order valence-corrected chi connectivity index (χ2v) is 6.52. The zero-order chi connectivity index (χ0) is 12.8. The molecule has 0 radical (unpaired) electrons. The Kier molecular flexibility index (Phi) is 2.76. The van der Waals surface area contributed by atoms with E-state index in [1.807, 2.05) is 6.07 Å². The lowest BCUT2D eigenvalue weighted by Crippen LogP contribution is -2.57. The van der Waals surface area contributed by atoms with Gasteiger partial charge in [-0.25, -0.2) is 0 Å². The molecule has 2 bridgehead atoms. The van der Waals surface area contributed by atoms with Crippen LogP contribution in [-0.4, -0.2) is 16.7 Å². The van der Waals surface area contributed by atoms with Crippen molar-refractivity contribution in [1.82, 2.24) is 5.32 Å². The van der Waals surface area contributed by atoms with Gasteiger partial charge < -0.3 is 10.4 Å². The molecule has 1 aromatic rings. The van der Waals surface area contributed by atoms with Crippen LogP contribution in [0, 0.1) is 11.3 Å². The second-order valence-electron chi connectivity index (χ2n) is 6.52. The predicted molar refractivity (Wildman–Crippen MR) is 73.1 cm³/mol. The van der Waals surface area contributed by atoms with Gasteiger partial charge in [-0.3, -0.25) is 0 Å². The molecule has 2 nitrogen and oxygen atoms in total. The minimum atomic E-state index is -0.185. The third kappa shape index (κ3) is 1.55. The average Bonchev–Trinajstić information content (AvgIpc) is 2.72. The number of rotatable bonds is 3. The van der Waals surface area contributed by atoms with Crippen molar-refractivity contribution in [2.75, 3.05) is 0 Å². The third-order valence-electron chi connectivity index (χ3n) is 5.58. The summed E-state index contributed by atoms with van der Waals surface area (Å²) < 4.78 is 0. The van der Waals surface area contributed by atoms with Crippen molar-refractivity contribution in [2.45, 2.75) is 51.3 Å². The minimum Gasteiger partial charge on any atom is -0.391 e. The maximum Gasteiger partial charge on any atom is 0.0730 e. The number of nitrogens with one attached hydrogen (secondary N) is 1. The van der Waals surface area contributed by atoms with Crippen LogP contribution in [-0.2, 0) is 6.54 Å². The van der Waals surface area contributed by atoms with Crippen molar-refractivity contribution in [3.8, 4) is 0 Å². The van der Waals surface area contributed by atoms with E-state index < -0.39 is 0 Å². The summed E-state index contributed by atoms with van der Waals surface area (Å²) in [5.41, 5.74) is 1.43. The van der Waals surface area contributed by atoms with E-state index in [-0.39, 0.29) is 17.1 Å². The van der Waals surface area contributed by atoms with E-state index in [0.717, 1.165) is 19.4 Å². The first-order chi connectivity index (χ1) is 8.56. The first kappa shape index (κ1) is 12.2. The number of fused-ring (bicyclic) bond motifs is 2. The van der Waals surface area contributed by atoms with Crippen molar-refractivity contribution < 1.29 is 5.11 Å². The molecule has 0 spiro atoms. The van der Waals surface area contributed by atoms with E-state index in [2.05, 4.69) is 43.4 Å². The van der Waals surface area contributed by atoms with E-state index in [1.165, 1.54) is 12.0 Å². The summed E-state index contributed by atoms with van der Waals surface area (Å²) in [4.78, 5) is 0. The smallest absolute Gasteiger partial charge is 0.0730 e. The fraction of sp³-hybridized carbons (Fsp3) is 0.625. The van der Waals surface area contributed by atoms with Crippen LogP contribution < -0.4 is 5.32 Å². The number of hydrogen-bond acceptors (Lipinski definition) is 2. The summed E-state index contributed by atoms with van der Waals surface area (Å²) in [5, 5.41) is 14.1. The monoisotopic (exact) mass is 245 g/mol. The highest BCUT2D eigenvalue weighted by molar-refractivity contribution is 5.21. The zero-order valence-corrected chi connectivity index (χ0v) is 11.3. The highest BCUT2D eigenvalue weighted by Gasteiger charge is 2.63. The lowest BCUT2D eigenvalue weighted by Gasteiger charge is -2.41. The SMILES string of the molecule is CC1(C)[C@@H]2CC[C@@]1(NCc1ccccc1)[C@H](O)C2. The van der Waals surface area contributed by atoms with Gasteiger partial charge in [0.15, 0.2) is 0 Å². The molecule has 2 heteroatoms. The second kappa shape index (κ2) is 4.07. The number of aliphatic hydroxyl groups is 1. The third-order valence-corrected chi connectivity index (χ3v) is 5.58. The molecule has 1 aromatic carbocycles. The molecule has 2 N–H and O–H groups in total. The Balaban J connectivity index is 1.79. The quantitative estimate of drug-likeness (QED) is 0.858. The standard InChI is InChI=1S/C16H23NO/c1-15(2)13-8-9-16(15,14(18)10-13)17-11-12-6-4-3-5-7-12/h3-7,13-14,17-18H,8-11H2,1-2H3/t13-,14-,16-/m1/s1. The molecule has 3 rings (SSSR count). The first-order valence-corrected chi connectivity index (χ1v) is 7.03. The van der Waals surface area contributed by atoms with Crippen LogP contribution in [0.5, 0.6) is 0 Å². The maximum atomic E-state index is 10.4. The Morgan fingerprint density at radius 1 is 1.28 bits per heavy atom. The van der Waals surface area contributed by atoms with Gasteiger partial charge >= 0.3 is 0 Å². The summed E-state index contributed by atoms with van der Waals surface area (Å²) in [5.74, 6) is 0.677. The number of hydrogen-bond donors (Lipinski definition) is 2. The van der Waals surface area contributed by atoms with Gasteiger partial charge in [-0.15, -0.1) is 0 Å². The van der Waals surface area contributed by atoms with Gasteiger partial charge in [0.1, 0.15) is 0 Å². The van der Waals surface area contributed by atoms with Crippen molar-refractivity contribution in [2.24, 2.45) is 11.3 Å². The van der Waals surface area contributed by atoms with Gasteiger partial charge in [0.05, 0.1) is 6.10 Å². The molecule has 18 heavy (non-hydrogen) atoms. The molecule has 0 unspecified atom stereocenters. The summed E-state index contributed by atoms with van der Waals surface area (Å²) in [6.45, 7) is 5.49. The molecule has 3 atom stereocenters. The zero-order valence-electron chi connectivity index (χ0n) is 11.3. The van der Waals surface area contributed by atoms with E-state index in [4.69, 9.17) is 0 Å². The molecule has 98 valence electrons. The number of benzene rings is 1. The molecule has 0 aromatic heterocycles. The van der Waals surface area contributed by atoms with Gasteiger partial charge in [-0.2, -0.15) is 0 Å². The van der Waals surface area contributed by atoms with E-state index >= 15 is 0 Å². The van der Waals surface area contributed by atoms with Crippen LogP contribution in [0.3, 0.4) is 0 Å². The molecule has 2 aliphatic rings. The Hall–Kier alpha value is -0.860. The summed E-state index contributed by atoms with van der Waals surface area (Å²) in [6, 6.07) is 10.5. The summed E-state index contributed by atoms with van der Waals surface area (Å²) in [7, 11) is 0. The molecule has 2 saturated carbocycles. The fourth-order valence-corrected chi connectivity index (χ4v) is 4.22. The molecule has 0 saturated heterocycles. The van der Waals surface area contributed by atoms with Crippen molar-refractivity contribution in [3.05, 3.63) is 35.9 Å². The van der Waals surface area contributed by atoms with Crippen LogP contribution in [0.1, 0.15) is 38.7 Å². The minimum absolute atomic E-state index is 0.0759. The van der Waals surface area contributed by atoms with E-state index in [0.29, 0.717) is 5.92 Å². The van der Waals surface area contributed by atoms with Gasteiger partial charge in [-0.1, -0.05) is 44.2 Å². The Labute approximate surface area is 109 Å². The normalized spacial score (nSPS) is 37.1. The van der Waals surface area contributed by atoms with Crippen LogP contribution in [0.15, 0.2) is 30.3 Å². The average molecular weight is 245 g/mol. The Bertz CT molecular complexity index is 428. The lowest BCUT2D eigenvalue weighted by molar-refractivity contribution is 0.0366. The maximum absolute atomic E-state index is 10.4. The highest BCUT2D eigenvalue weighted by atomic mass is 16.3. The van der Waals surface area contributed by atoms with Crippen LogP contribution >= 0.6 is 0 Å². The largest absolute Gasteiger partial charge is 0.391 e. The summed E-state index contributed by atoms with van der Waals surface area (Å²) >= 11 is 0. The van der Waals surface area contributed by atoms with Crippen LogP contribution in [0.2, 0.25) is 0 Å². The molecule has 0 aliphatic heterocycles. The Morgan fingerprint density at radius 3 is 2.56 bits per heavy atom. The molecular formula is C16H23NO. The van der Waals surface area contributed by atoms with Gasteiger partial charge in [0.2, 0.25) is 0 Å². The van der Waals surface area contributed by atoms with Crippen molar-refractivity contribution in [1.29, 1.82) is 0 Å². The molecule has 2 fully saturated rings. The number of aliphatic hydroxyl groups excluding tert-OH is 1. The Morgan fingerprint density at radius 2 is 2.00 bits per heavy atom. The summed E-state index contributed by atoms with van der Waals surface area (Å²) in [6.07, 6.45) is 3.15. The highest BCUT2D eigenvalue weighted by Crippen LogP contribution is 2.60. The predicted octanol–water partition coefficient (Wildman–Crippen LogP) is 2.72. The first-order valence-electron chi connectivity index (χ1n) is 7.03. The van der Waals surface area contributed by atoms with Gasteiger partial charge in [0.25, 0.3) is 0 Å². The van der Waals surface area contributed by atoms with Crippen molar-refractivity contribution in [3.63, 3.8) is 0 Å². The molecule has 0 amide bonds. The molecule has 0 heterocycles. The molecule has 2 aliphatic carbocycles. The topological polar surface area (TPSA) is 32.3 Å². The fourth-order valence-electron chi connectivity index (χ4n) is 4.22. The van der Waals surface area contributed by atoms with E-state index in [9.17, 15) is 5.11 Å². The van der Waals surface area contributed by atoms with Gasteiger partial charge in [-0.05, 0) is 36.2 Å². The van der Waals surface area contributed by atoms with E-state index in [1.54, 1.807) is 0 Å². The van der Waals surface area contributed by atoms with Gasteiger partial charge in [0, 0.05) is 12.1 Å².